The lowest BCUT2D eigenvalue weighted by atomic mass is 9.93. The second-order valence-corrected chi connectivity index (χ2v) is 25.3. The molecule has 8 saturated heterocycles. The van der Waals surface area contributed by atoms with Crippen LogP contribution in [0, 0.1) is 0 Å². The van der Waals surface area contributed by atoms with Crippen LogP contribution in [-0.2, 0) is 90.2 Å². The monoisotopic (exact) mass is 1460 g/mol. The average molecular weight is 1460 g/mol. The van der Waals surface area contributed by atoms with Gasteiger partial charge in [-0.15, -0.1) is 0 Å². The summed E-state index contributed by atoms with van der Waals surface area (Å²) < 4.78 is 88.5. The van der Waals surface area contributed by atoms with Crippen LogP contribution in [0.1, 0.15) is 34.6 Å². The number of aliphatic hydroxyl groups is 21. The van der Waals surface area contributed by atoms with E-state index in [2.05, 4.69) is 21.3 Å². The van der Waals surface area contributed by atoms with E-state index in [0.717, 1.165) is 27.7 Å². The highest BCUT2D eigenvalue weighted by Crippen LogP contribution is 2.39. The van der Waals surface area contributed by atoms with Crippen LogP contribution in [0.5, 0.6) is 0 Å². The molecular weight excluding hydrogens is 1370 g/mol. The predicted molar refractivity (Wildman–Crippen MR) is 309 cm³/mol. The lowest BCUT2D eigenvalue weighted by Crippen LogP contribution is -2.71. The van der Waals surface area contributed by atoms with Crippen molar-refractivity contribution in [3.8, 4) is 0 Å². The van der Waals surface area contributed by atoms with Crippen molar-refractivity contribution in [1.82, 2.24) is 21.3 Å². The van der Waals surface area contributed by atoms with Crippen molar-refractivity contribution in [2.24, 2.45) is 0 Å². The Hall–Kier alpha value is -3.56. The Balaban J connectivity index is 1.02. The molecule has 8 aliphatic heterocycles. The van der Waals surface area contributed by atoms with Gasteiger partial charge < -0.3 is 200 Å². The molecule has 8 rings (SSSR count). The summed E-state index contributed by atoms with van der Waals surface area (Å²) in [5, 5.41) is 241. The number of aliphatic hydroxyl groups excluding tert-OH is 21. The molecule has 100 heavy (non-hydrogen) atoms. The molecule has 40 atom stereocenters. The summed E-state index contributed by atoms with van der Waals surface area (Å²) in [6.45, 7) is -1.90. The van der Waals surface area contributed by atoms with E-state index in [1.54, 1.807) is 0 Å². The molecule has 0 aromatic rings. The molecule has 44 heteroatoms. The van der Waals surface area contributed by atoms with Gasteiger partial charge in [0, 0.05) is 27.7 Å². The number of rotatable bonds is 25. The fraction of sp³-hybridized carbons (Fsp3) is 0.929. The molecule has 8 fully saturated rings. The van der Waals surface area contributed by atoms with Crippen LogP contribution in [-0.4, -0.2) is 423 Å². The van der Waals surface area contributed by atoms with Crippen molar-refractivity contribution in [2.45, 2.75) is 280 Å². The molecule has 0 radical (unpaired) electrons. The third-order valence-corrected chi connectivity index (χ3v) is 18.2. The first-order valence-electron chi connectivity index (χ1n) is 32.0. The summed E-state index contributed by atoms with van der Waals surface area (Å²) >= 11 is 0. The van der Waals surface area contributed by atoms with Crippen molar-refractivity contribution in [3.05, 3.63) is 0 Å². The standard InChI is InChI=1S/C56H94N4O40/c1-13-29(71)38(80)40(82)53(87-13)100-48-47(99-51-25(57-14(2)67)35(77)30(72)18(6-61)89-51)33(75)21(9-64)92-56(48)96-44-23(11-66)94-52(27(37(44)79)59-16(4)69)98-46-32(74)20(8-63)91-55(42(46)84)95-43-22(10-65)93-50(26(36(43)78)58-15(3)68)86-12-24-34(76)45(28(49(85)88-24)60-17(5)70)97-54-41(83)39(81)31(73)19(7-62)90-54/h13,18-56,61-66,71-85H,6-12H2,1-5H3,(H,57,67)(H,58,68)(H,59,69)(H,60,70)/t13-,18+,19+,20+,21+,22+,23+,24+,25+,26+,27+,28+,29+,30+,31-,32-,33-,34-,35+,36+,37+,38+,39-,40-,41+,42+,43+,44+,45+,46-,47-,48+,49-,50+,51-,52-,53-,54-,55-,56-/m0/s1. The van der Waals surface area contributed by atoms with Gasteiger partial charge in [0.15, 0.2) is 50.3 Å². The number of amides is 4. The van der Waals surface area contributed by atoms with Gasteiger partial charge in [-0.05, 0) is 6.92 Å². The zero-order valence-electron chi connectivity index (χ0n) is 54.2. The van der Waals surface area contributed by atoms with Gasteiger partial charge in [0.25, 0.3) is 0 Å². The second-order valence-electron chi connectivity index (χ2n) is 25.3. The molecule has 4 amide bonds. The number of carbonyl (C=O) groups is 4. The number of ether oxygens (including phenoxy) is 15. The van der Waals surface area contributed by atoms with Gasteiger partial charge in [0.1, 0.15) is 189 Å². The molecule has 8 heterocycles. The number of carbonyl (C=O) groups excluding carboxylic acids is 4. The topological polar surface area (TPSA) is 680 Å². The Morgan fingerprint density at radius 2 is 0.610 bits per heavy atom. The van der Waals surface area contributed by atoms with Gasteiger partial charge in [-0.1, -0.05) is 0 Å². The zero-order chi connectivity index (χ0) is 73.8. The summed E-state index contributed by atoms with van der Waals surface area (Å²) in [6, 6.07) is -7.06. The molecular formula is C56H94N4O40. The average Bonchev–Trinajstić information content (AvgIpc) is 0.765. The van der Waals surface area contributed by atoms with Gasteiger partial charge in [-0.25, -0.2) is 0 Å². The van der Waals surface area contributed by atoms with Crippen LogP contribution in [0.4, 0.5) is 0 Å². The lowest BCUT2D eigenvalue weighted by molar-refractivity contribution is -0.402. The summed E-state index contributed by atoms with van der Waals surface area (Å²) in [7, 11) is 0. The van der Waals surface area contributed by atoms with Gasteiger partial charge >= 0.3 is 0 Å². The van der Waals surface area contributed by atoms with Crippen molar-refractivity contribution in [1.29, 1.82) is 0 Å². The SMILES string of the molecule is CC(=O)N[C@@H]1[C@@H](O[C@@H]2O[C@H](CO)[C@H](O)[C@H](O)[C@H]2O)[C@@H](O)[C@@H](CO[C@@H]2O[C@H](CO)[C@@H](O[C@@H]3O[C@H](CO)[C@H](O)[C@H](O[C@@H]4O[C@H](CO)[C@@H](O[C@@H]5O[C@H](CO)[C@H](O)[C@H](O[C@@H]6O[C@H](CO)[C@@H](O)[C@H](O)[C@H]6NC(C)=O)[C@H]5O[C@@H]5O[C@@H](C)[C@@H](O)[C@@H](O)[C@@H]5O)[C@H](O)[C@H]4NC(C)=O)[C@H]3O)[C@H](O)[C@H]2NC(C)=O)O[C@@H]1O. The number of hydrogen-bond donors (Lipinski definition) is 25. The van der Waals surface area contributed by atoms with Crippen molar-refractivity contribution >= 4 is 23.6 Å². The summed E-state index contributed by atoms with van der Waals surface area (Å²) in [4.78, 5) is 50.5. The van der Waals surface area contributed by atoms with Gasteiger partial charge in [-0.3, -0.25) is 19.2 Å². The highest BCUT2D eigenvalue weighted by molar-refractivity contribution is 5.74. The third-order valence-electron chi connectivity index (χ3n) is 18.2. The molecule has 0 unspecified atom stereocenters. The molecule has 0 aromatic heterocycles. The first-order valence-corrected chi connectivity index (χ1v) is 32.0. The summed E-state index contributed by atoms with van der Waals surface area (Å²) in [5.74, 6) is -3.41. The zero-order valence-corrected chi connectivity index (χ0v) is 54.2. The van der Waals surface area contributed by atoms with Gasteiger partial charge in [-0.2, -0.15) is 0 Å². The Morgan fingerprint density at radius 1 is 0.280 bits per heavy atom. The molecule has 44 nitrogen and oxygen atoms in total. The highest BCUT2D eigenvalue weighted by Gasteiger charge is 2.60. The Bertz CT molecular complexity index is 2620. The van der Waals surface area contributed by atoms with E-state index in [1.807, 2.05) is 0 Å². The third kappa shape index (κ3) is 18.1. The van der Waals surface area contributed by atoms with Crippen LogP contribution in [0.2, 0.25) is 0 Å². The Kier molecular flexibility index (Phi) is 29.3. The summed E-state index contributed by atoms with van der Waals surface area (Å²) in [6.07, 6.45) is -70.2. The predicted octanol–water partition coefficient (Wildman–Crippen LogP) is -16.8. The van der Waals surface area contributed by atoms with Crippen molar-refractivity contribution in [2.75, 3.05) is 46.2 Å². The first kappa shape index (κ1) is 82.1. The highest BCUT2D eigenvalue weighted by atomic mass is 16.8. The van der Waals surface area contributed by atoms with Crippen LogP contribution in [0.25, 0.3) is 0 Å². The largest absolute Gasteiger partial charge is 0.394 e. The molecule has 0 aromatic carbocycles. The summed E-state index contributed by atoms with van der Waals surface area (Å²) in [5.41, 5.74) is 0. The van der Waals surface area contributed by atoms with Crippen molar-refractivity contribution < 1.29 is 197 Å². The number of nitrogens with one attached hydrogen (secondary N) is 4. The van der Waals surface area contributed by atoms with Gasteiger partial charge in [0.05, 0.1) is 52.4 Å². The van der Waals surface area contributed by atoms with E-state index >= 15 is 0 Å². The second kappa shape index (κ2) is 35.7. The Morgan fingerprint density at radius 3 is 1.11 bits per heavy atom. The minimum atomic E-state index is -2.32. The van der Waals surface area contributed by atoms with Gasteiger partial charge in [0.2, 0.25) is 23.6 Å². The van der Waals surface area contributed by atoms with E-state index in [9.17, 15) is 126 Å². The van der Waals surface area contributed by atoms with Crippen molar-refractivity contribution in [3.63, 3.8) is 0 Å². The maximum Gasteiger partial charge on any atom is 0.217 e. The van der Waals surface area contributed by atoms with Crippen LogP contribution in [0.3, 0.4) is 0 Å². The maximum atomic E-state index is 13.0. The maximum absolute atomic E-state index is 13.0. The van der Waals surface area contributed by atoms with E-state index in [0.29, 0.717) is 0 Å². The number of hydrogen-bond acceptors (Lipinski definition) is 40. The quantitative estimate of drug-likeness (QED) is 0.0404. The Labute approximate surface area is 567 Å². The molecule has 578 valence electrons. The molecule has 0 spiro atoms. The van der Waals surface area contributed by atoms with Crippen LogP contribution < -0.4 is 21.3 Å². The molecule has 0 aliphatic carbocycles. The van der Waals surface area contributed by atoms with E-state index < -0.39 is 315 Å². The first-order chi connectivity index (χ1) is 47.2. The molecule has 8 aliphatic rings. The fourth-order valence-corrected chi connectivity index (χ4v) is 12.9. The lowest BCUT2D eigenvalue weighted by Gasteiger charge is -2.52. The minimum absolute atomic E-state index is 0.786. The molecule has 0 bridgehead atoms. The van der Waals surface area contributed by atoms with Crippen LogP contribution in [0.15, 0.2) is 0 Å². The minimum Gasteiger partial charge on any atom is -0.394 e. The van der Waals surface area contributed by atoms with E-state index in [4.69, 9.17) is 71.1 Å². The molecule has 25 N–H and O–H groups in total. The fourth-order valence-electron chi connectivity index (χ4n) is 12.9. The van der Waals surface area contributed by atoms with E-state index in [-0.39, 0.29) is 0 Å². The van der Waals surface area contributed by atoms with Crippen LogP contribution >= 0.6 is 0 Å². The van der Waals surface area contributed by atoms with E-state index in [1.165, 1.54) is 6.92 Å². The molecule has 0 saturated carbocycles. The smallest absolute Gasteiger partial charge is 0.217 e. The normalized spacial score (nSPS) is 48.7.